The maximum absolute atomic E-state index is 12.6. The van der Waals surface area contributed by atoms with Crippen LogP contribution in [0.1, 0.15) is 43.9 Å². The molecule has 0 bridgehead atoms. The normalized spacial score (nSPS) is 11.6. The molecule has 0 spiro atoms. The number of aryl methyl sites for hydroxylation is 3. The topological polar surface area (TPSA) is 61.2 Å². The van der Waals surface area contributed by atoms with Gasteiger partial charge in [0.2, 0.25) is 0 Å². The highest BCUT2D eigenvalue weighted by Crippen LogP contribution is 2.27. The van der Waals surface area contributed by atoms with Crippen molar-refractivity contribution in [3.05, 3.63) is 69.8 Å². The fourth-order valence-corrected chi connectivity index (χ4v) is 3.11. The van der Waals surface area contributed by atoms with Crippen LogP contribution in [0.4, 0.5) is 0 Å². The number of carbonyl (C=O) groups is 1. The molecule has 3 rings (SSSR count). The summed E-state index contributed by atoms with van der Waals surface area (Å²) in [6, 6.07) is 11.4. The molecule has 0 saturated carbocycles. The molecule has 0 N–H and O–H groups in total. The molecule has 5 heteroatoms. The zero-order valence-corrected chi connectivity index (χ0v) is 17.1. The van der Waals surface area contributed by atoms with Crippen molar-refractivity contribution in [2.45, 2.75) is 53.0 Å². The Morgan fingerprint density at radius 3 is 2.54 bits per heavy atom. The highest BCUT2D eigenvalue weighted by atomic mass is 16.5. The third-order valence-corrected chi connectivity index (χ3v) is 4.88. The molecule has 1 heterocycles. The highest BCUT2D eigenvalue weighted by molar-refractivity contribution is 5.80. The Hall–Kier alpha value is -2.95. The summed E-state index contributed by atoms with van der Waals surface area (Å²) < 4.78 is 6.96. The Kier molecular flexibility index (Phi) is 5.36. The Labute approximate surface area is 165 Å². The summed E-state index contributed by atoms with van der Waals surface area (Å²) in [7, 11) is 0. The van der Waals surface area contributed by atoms with E-state index in [1.165, 1.54) is 16.5 Å². The molecule has 28 heavy (non-hydrogen) atoms. The average Bonchev–Trinajstić information content (AvgIpc) is 2.62. The Morgan fingerprint density at radius 1 is 1.11 bits per heavy atom. The van der Waals surface area contributed by atoms with Crippen LogP contribution in [0.3, 0.4) is 0 Å². The quantitative estimate of drug-likeness (QED) is 0.501. The number of ether oxygens (including phenoxy) is 1. The Balaban J connectivity index is 1.71. The molecule has 1 aromatic heterocycles. The van der Waals surface area contributed by atoms with Gasteiger partial charge in [-0.25, -0.2) is 4.98 Å². The SMILES string of the molecule is Cc1cc(C(C)(C)C)ccc1OC(=O)CCn1cnc2c(C)cccc2c1=O. The van der Waals surface area contributed by atoms with Gasteiger partial charge in [0, 0.05) is 6.54 Å². The van der Waals surface area contributed by atoms with E-state index in [1.807, 2.05) is 44.2 Å². The van der Waals surface area contributed by atoms with E-state index >= 15 is 0 Å². The molecule has 0 atom stereocenters. The van der Waals surface area contributed by atoms with Crippen LogP contribution in [-0.2, 0) is 16.8 Å². The van der Waals surface area contributed by atoms with E-state index in [-0.39, 0.29) is 29.9 Å². The van der Waals surface area contributed by atoms with Crippen molar-refractivity contribution in [2.75, 3.05) is 0 Å². The maximum atomic E-state index is 12.6. The van der Waals surface area contributed by atoms with Crippen LogP contribution in [0.15, 0.2) is 47.5 Å². The summed E-state index contributed by atoms with van der Waals surface area (Å²) in [6.07, 6.45) is 1.59. The minimum Gasteiger partial charge on any atom is -0.426 e. The number of hydrogen-bond donors (Lipinski definition) is 0. The molecule has 0 fully saturated rings. The molecule has 0 saturated heterocycles. The second-order valence-corrected chi connectivity index (χ2v) is 8.17. The molecule has 3 aromatic rings. The van der Waals surface area contributed by atoms with E-state index < -0.39 is 0 Å². The summed E-state index contributed by atoms with van der Waals surface area (Å²) in [6.45, 7) is 10.5. The number of nitrogens with zero attached hydrogens (tertiary/aromatic N) is 2. The maximum Gasteiger partial charge on any atom is 0.313 e. The second kappa shape index (κ2) is 7.58. The number of para-hydroxylation sites is 1. The van der Waals surface area contributed by atoms with Crippen molar-refractivity contribution in [2.24, 2.45) is 0 Å². The van der Waals surface area contributed by atoms with Gasteiger partial charge in [0.1, 0.15) is 5.75 Å². The third-order valence-electron chi connectivity index (χ3n) is 4.88. The molecular formula is C23H26N2O3. The van der Waals surface area contributed by atoms with Gasteiger partial charge in [0.05, 0.1) is 23.7 Å². The highest BCUT2D eigenvalue weighted by Gasteiger charge is 2.16. The number of hydrogen-bond acceptors (Lipinski definition) is 4. The number of fused-ring (bicyclic) bond motifs is 1. The van der Waals surface area contributed by atoms with E-state index in [0.29, 0.717) is 16.7 Å². The lowest BCUT2D eigenvalue weighted by Crippen LogP contribution is -2.23. The van der Waals surface area contributed by atoms with Gasteiger partial charge in [-0.1, -0.05) is 45.0 Å². The molecule has 2 aromatic carbocycles. The lowest BCUT2D eigenvalue weighted by Gasteiger charge is -2.20. The molecular weight excluding hydrogens is 352 g/mol. The van der Waals surface area contributed by atoms with E-state index in [4.69, 9.17) is 4.74 Å². The van der Waals surface area contributed by atoms with Crippen LogP contribution >= 0.6 is 0 Å². The summed E-state index contributed by atoms with van der Waals surface area (Å²) in [5, 5.41) is 0.560. The number of benzene rings is 2. The minimum atomic E-state index is -0.372. The molecule has 0 aliphatic heterocycles. The van der Waals surface area contributed by atoms with Crippen LogP contribution in [0, 0.1) is 13.8 Å². The number of carbonyl (C=O) groups excluding carboxylic acids is 1. The van der Waals surface area contributed by atoms with Crippen molar-refractivity contribution in [3.63, 3.8) is 0 Å². The van der Waals surface area contributed by atoms with Gasteiger partial charge in [-0.15, -0.1) is 0 Å². The molecule has 0 aliphatic carbocycles. The molecule has 0 amide bonds. The van der Waals surface area contributed by atoms with Crippen molar-refractivity contribution >= 4 is 16.9 Å². The first-order valence-corrected chi connectivity index (χ1v) is 9.43. The van der Waals surface area contributed by atoms with Crippen LogP contribution in [0.5, 0.6) is 5.75 Å². The van der Waals surface area contributed by atoms with Gasteiger partial charge < -0.3 is 4.74 Å². The Morgan fingerprint density at radius 2 is 1.86 bits per heavy atom. The summed E-state index contributed by atoms with van der Waals surface area (Å²) in [4.78, 5) is 29.3. The van der Waals surface area contributed by atoms with Gasteiger partial charge in [0.15, 0.2) is 0 Å². The van der Waals surface area contributed by atoms with Crippen molar-refractivity contribution in [1.82, 2.24) is 9.55 Å². The van der Waals surface area contributed by atoms with Crippen LogP contribution < -0.4 is 10.3 Å². The van der Waals surface area contributed by atoms with Gasteiger partial charge in [-0.05, 0) is 48.1 Å². The molecule has 0 radical (unpaired) electrons. The van der Waals surface area contributed by atoms with E-state index in [2.05, 4.69) is 25.8 Å². The Bertz CT molecular complexity index is 1090. The van der Waals surface area contributed by atoms with Crippen LogP contribution in [-0.4, -0.2) is 15.5 Å². The first-order chi connectivity index (χ1) is 13.2. The third kappa shape index (κ3) is 4.14. The van der Waals surface area contributed by atoms with Gasteiger partial charge in [-0.2, -0.15) is 0 Å². The molecule has 5 nitrogen and oxygen atoms in total. The second-order valence-electron chi connectivity index (χ2n) is 8.17. The summed E-state index contributed by atoms with van der Waals surface area (Å²) in [5.41, 5.74) is 3.65. The summed E-state index contributed by atoms with van der Waals surface area (Å²) in [5.74, 6) is 0.181. The molecule has 0 aliphatic rings. The predicted octanol–water partition coefficient (Wildman–Crippen LogP) is 4.31. The zero-order chi connectivity index (χ0) is 20.5. The van der Waals surface area contributed by atoms with Crippen molar-refractivity contribution in [3.8, 4) is 5.75 Å². The van der Waals surface area contributed by atoms with Crippen LogP contribution in [0.2, 0.25) is 0 Å². The fourth-order valence-electron chi connectivity index (χ4n) is 3.11. The van der Waals surface area contributed by atoms with Gasteiger partial charge in [-0.3, -0.25) is 14.2 Å². The fraction of sp³-hybridized carbons (Fsp3) is 0.348. The van der Waals surface area contributed by atoms with Crippen molar-refractivity contribution in [1.29, 1.82) is 0 Å². The van der Waals surface area contributed by atoms with Gasteiger partial charge >= 0.3 is 5.97 Å². The monoisotopic (exact) mass is 378 g/mol. The first kappa shape index (κ1) is 19.8. The number of aromatic nitrogens is 2. The summed E-state index contributed by atoms with van der Waals surface area (Å²) >= 11 is 0. The molecule has 146 valence electrons. The lowest BCUT2D eigenvalue weighted by molar-refractivity contribution is -0.134. The van der Waals surface area contributed by atoms with Crippen LogP contribution in [0.25, 0.3) is 10.9 Å². The largest absolute Gasteiger partial charge is 0.426 e. The lowest BCUT2D eigenvalue weighted by atomic mass is 9.86. The smallest absolute Gasteiger partial charge is 0.313 e. The van der Waals surface area contributed by atoms with E-state index in [1.54, 1.807) is 6.07 Å². The number of rotatable bonds is 4. The van der Waals surface area contributed by atoms with Crippen molar-refractivity contribution < 1.29 is 9.53 Å². The minimum absolute atomic E-state index is 0.0376. The van der Waals surface area contributed by atoms with Gasteiger partial charge in [0.25, 0.3) is 5.56 Å². The standard InChI is InChI=1S/C23H26N2O3/c1-15-7-6-8-18-21(15)24-14-25(22(18)27)12-11-20(26)28-19-10-9-17(13-16(19)2)23(3,4)5/h6-10,13-14H,11-12H2,1-5H3. The molecule has 0 unspecified atom stereocenters. The predicted molar refractivity (Wildman–Crippen MR) is 111 cm³/mol. The average molecular weight is 378 g/mol. The van der Waals surface area contributed by atoms with E-state index in [9.17, 15) is 9.59 Å². The zero-order valence-electron chi connectivity index (χ0n) is 17.1. The first-order valence-electron chi connectivity index (χ1n) is 9.43. The van der Waals surface area contributed by atoms with E-state index in [0.717, 1.165) is 11.1 Å². The number of esters is 1.